The first kappa shape index (κ1) is 40.9. The van der Waals surface area contributed by atoms with Gasteiger partial charge in [0.25, 0.3) is 0 Å². The molecule has 166 valence electrons. The second-order valence-electron chi connectivity index (χ2n) is 3.63. The molecule has 0 heterocycles. The maximum absolute atomic E-state index is 10.3. The van der Waals surface area contributed by atoms with E-state index in [-0.39, 0.29) is 44.2 Å². The molecule has 0 saturated carbocycles. The Balaban J connectivity index is -0.0000000843. The van der Waals surface area contributed by atoms with E-state index in [4.69, 9.17) is 62.5 Å². The minimum atomic E-state index is -1.72. The van der Waals surface area contributed by atoms with Crippen LogP contribution in [0.25, 0.3) is 0 Å². The number of hydrogen-bond acceptors (Lipinski definition) is 8. The van der Waals surface area contributed by atoms with Gasteiger partial charge in [-0.05, 0) is 18.5 Å². The molecule has 8 nitrogen and oxygen atoms in total. The Bertz CT molecular complexity index is 305. The van der Waals surface area contributed by atoms with E-state index in [0.29, 0.717) is 0 Å². The molecule has 4 N–H and O–H groups in total. The van der Waals surface area contributed by atoms with Gasteiger partial charge >= 0.3 is 76.2 Å². The van der Waals surface area contributed by atoms with E-state index >= 15 is 0 Å². The Morgan fingerprint density at radius 1 is 1.00 bits per heavy atom. The molecule has 0 aromatic heterocycles. The van der Waals surface area contributed by atoms with Gasteiger partial charge in [-0.1, -0.05) is 7.43 Å². The van der Waals surface area contributed by atoms with E-state index < -0.39 is 28.8 Å². The van der Waals surface area contributed by atoms with Crippen molar-refractivity contribution in [3.63, 3.8) is 0 Å². The van der Waals surface area contributed by atoms with Crippen LogP contribution in [0, 0.1) is 0 Å². The van der Waals surface area contributed by atoms with Crippen molar-refractivity contribution in [3.8, 4) is 0 Å². The number of ketones is 1. The molecule has 17 heteroatoms. The van der Waals surface area contributed by atoms with Crippen molar-refractivity contribution in [2.75, 3.05) is 13.2 Å². The van der Waals surface area contributed by atoms with Crippen LogP contribution in [0.5, 0.6) is 0 Å². The van der Waals surface area contributed by atoms with E-state index in [2.05, 4.69) is 69.7 Å². The molecule has 2 unspecified atom stereocenters. The summed E-state index contributed by atoms with van der Waals surface area (Å²) in [5, 5.41) is 32.0. The summed E-state index contributed by atoms with van der Waals surface area (Å²) in [5.74, 6) is -0.313. The molecule has 0 spiro atoms. The number of hydrogen-bond donors (Lipinski definition) is 4. The van der Waals surface area contributed by atoms with Crippen LogP contribution in [0.3, 0.4) is 0 Å². The Labute approximate surface area is 218 Å². The molecule has 2 atom stereocenters. The Hall–Kier alpha value is 3.57. The average Bonchev–Trinajstić information content (AvgIpc) is 2.49. The number of carbonyl (C=O) groups is 2. The Kier molecular flexibility index (Phi) is 48.1. The molecule has 0 amide bonds. The fourth-order valence-corrected chi connectivity index (χ4v) is 0.755. The van der Waals surface area contributed by atoms with Crippen LogP contribution in [0.1, 0.15) is 27.2 Å². The quantitative estimate of drug-likeness (QED) is 0.0902. The van der Waals surface area contributed by atoms with Crippen molar-refractivity contribution in [2.45, 2.75) is 39.4 Å². The second kappa shape index (κ2) is 31.8. The van der Waals surface area contributed by atoms with Crippen molar-refractivity contribution in [1.82, 2.24) is 0 Å². The van der Waals surface area contributed by atoms with Gasteiger partial charge < -0.3 is 10.2 Å². The first-order valence-electron chi connectivity index (χ1n) is 6.11. The summed E-state index contributed by atoms with van der Waals surface area (Å²) in [7, 11) is 14.8. The third-order valence-corrected chi connectivity index (χ3v) is 1.95. The molecule has 0 aromatic carbocycles. The summed E-state index contributed by atoms with van der Waals surface area (Å²) in [4.78, 5) is 27.3. The third kappa shape index (κ3) is 58.7. The molecule has 0 rings (SSSR count). The third-order valence-electron chi connectivity index (χ3n) is 1.70. The zero-order valence-electron chi connectivity index (χ0n) is 13.1. The molecule has 27 heavy (non-hydrogen) atoms. The zero-order chi connectivity index (χ0) is 21.7. The summed E-state index contributed by atoms with van der Waals surface area (Å²) in [6, 6.07) is 0. The van der Waals surface area contributed by atoms with Crippen molar-refractivity contribution >= 4 is 124 Å². The van der Waals surface area contributed by atoms with E-state index in [0.717, 1.165) is 0 Å². The van der Waals surface area contributed by atoms with E-state index in [1.165, 1.54) is 6.92 Å². The van der Waals surface area contributed by atoms with Crippen molar-refractivity contribution in [3.05, 3.63) is 0 Å². The molecule has 0 saturated heterocycles. The summed E-state index contributed by atoms with van der Waals surface area (Å²) in [6.07, 6.45) is -2.08. The summed E-state index contributed by atoms with van der Waals surface area (Å²) in [5.41, 5.74) is 0. The second-order valence-corrected chi connectivity index (χ2v) is 45.8. The van der Waals surface area contributed by atoms with Gasteiger partial charge in [-0.25, -0.2) is 39.9 Å². The summed E-state index contributed by atoms with van der Waals surface area (Å²) in [6.45, 7) is 1.17. The first-order valence-corrected chi connectivity index (χ1v) is 25.2. The fourth-order valence-electron chi connectivity index (χ4n) is 0.645. The predicted octanol–water partition coefficient (Wildman–Crippen LogP) is 4.79. The van der Waals surface area contributed by atoms with Crippen LogP contribution in [0.15, 0.2) is 0 Å². The number of halogens is 7. The van der Waals surface area contributed by atoms with Gasteiger partial charge in [0.2, 0.25) is 5.24 Å². The van der Waals surface area contributed by atoms with Crippen molar-refractivity contribution in [1.29, 1.82) is 0 Å². The maximum atomic E-state index is 10.3. The van der Waals surface area contributed by atoms with Crippen LogP contribution in [-0.4, -0.2) is 68.6 Å². The van der Waals surface area contributed by atoms with Crippen LogP contribution < -0.4 is 0 Å². The van der Waals surface area contributed by atoms with Gasteiger partial charge in [0.05, 0.1) is 13.2 Å². The number of aliphatic hydroxyl groups excluding tert-OH is 2. The van der Waals surface area contributed by atoms with E-state index in [9.17, 15) is 9.59 Å². The number of aliphatic hydroxyl groups is 2. The van der Waals surface area contributed by atoms with Crippen LogP contribution in [0.4, 0.5) is 0 Å². The normalized spacial score (nSPS) is 11.1. The molecule has 0 fully saturated rings. The molecule has 0 aliphatic carbocycles. The van der Waals surface area contributed by atoms with Gasteiger partial charge in [0.1, 0.15) is 12.2 Å². The van der Waals surface area contributed by atoms with Crippen LogP contribution >= 0.6 is 102 Å². The van der Waals surface area contributed by atoms with Crippen molar-refractivity contribution < 1.29 is 45.0 Å². The molecular weight excluding hydrogens is 849 g/mol. The fraction of sp³-hybridized carbons (Fsp3) is 0.800. The first-order chi connectivity index (χ1) is 11.8. The molecule has 0 radical (unpaired) electrons. The molecule has 0 aliphatic rings. The van der Waals surface area contributed by atoms with Gasteiger partial charge in [0.15, 0.2) is 5.78 Å². The standard InChI is InChI=1S/C5H10O4.C4H7ClO4.CH4.Al.3ClH.3HI.V/c1-4(6)5(7)2-3-9-8;5-4(7)3(6)1-2-9-8;;;;;;;;;/h5,7-8H,2-3H2,1H3;3,6,8H,1-2H2;1H4;;6*1H;/q;;;+3;;;;;;;+3/p-6. The van der Waals surface area contributed by atoms with Crippen molar-refractivity contribution in [2.24, 2.45) is 0 Å². The molecule has 0 bridgehead atoms. The molecular formula is C10H21AlCl4I3O8V. The Morgan fingerprint density at radius 3 is 1.44 bits per heavy atom. The zero-order valence-corrected chi connectivity index (χ0v) is 25.1. The number of carbonyl (C=O) groups excluding carboxylic acids is 2. The number of Topliss-reactive ketones (excluding diaryl/α,β-unsaturated/α-hetero) is 1. The average molecular weight is 870 g/mol. The SMILES string of the molecule is C.CC(=O)C(O)CCOO.O=C(Cl)C(O)CCOO.[Cl][Al]([Cl])[Cl].[I][V]([I])[I]. The van der Waals surface area contributed by atoms with Gasteiger partial charge in [0, 0.05) is 12.8 Å². The van der Waals surface area contributed by atoms with E-state index in [1.807, 2.05) is 0 Å². The van der Waals surface area contributed by atoms with Gasteiger partial charge in [-0.3, -0.25) is 20.1 Å². The minimum absolute atomic E-state index is 0. The van der Waals surface area contributed by atoms with Crippen LogP contribution in [-0.2, 0) is 24.3 Å². The number of rotatable bonds is 8. The Morgan fingerprint density at radius 2 is 1.26 bits per heavy atom. The summed E-state index contributed by atoms with van der Waals surface area (Å²) >= 11 is 10.5. The van der Waals surface area contributed by atoms with Gasteiger partial charge in [-0.15, -0.1) is 0 Å². The van der Waals surface area contributed by atoms with Gasteiger partial charge in [-0.2, -0.15) is 0 Å². The monoisotopic (exact) mass is 868 g/mol. The van der Waals surface area contributed by atoms with E-state index in [1.54, 1.807) is 0 Å². The predicted molar refractivity (Wildman–Crippen MR) is 132 cm³/mol. The summed E-state index contributed by atoms with van der Waals surface area (Å²) < 4.78 is 0. The molecule has 0 aromatic rings. The molecule has 0 aliphatic heterocycles. The van der Waals surface area contributed by atoms with Crippen LogP contribution in [0.2, 0.25) is 0 Å². The topological polar surface area (TPSA) is 134 Å².